The van der Waals surface area contributed by atoms with Gasteiger partial charge in [-0.3, -0.25) is 4.90 Å². The number of unbranched alkanes of at least 4 members (excludes halogenated alkanes) is 1. The molecule has 1 heterocycles. The molecule has 0 saturated carbocycles. The molecule has 0 spiro atoms. The van der Waals surface area contributed by atoms with E-state index in [1.165, 1.54) is 16.7 Å². The lowest BCUT2D eigenvalue weighted by atomic mass is 10.3. The molecule has 19 heavy (non-hydrogen) atoms. The molecule has 0 radical (unpaired) electrons. The summed E-state index contributed by atoms with van der Waals surface area (Å²) in [5, 5.41) is 11.8. The molecule has 0 aromatic rings. The topological polar surface area (TPSA) is 72.9 Å². The minimum absolute atomic E-state index is 0.0807. The molecule has 2 N–H and O–H groups in total. The lowest BCUT2D eigenvalue weighted by Crippen LogP contribution is -2.49. The molecular formula is C12H23N3O3S. The van der Waals surface area contributed by atoms with Crippen LogP contribution in [0.2, 0.25) is 0 Å². The molecule has 1 aliphatic heterocycles. The van der Waals surface area contributed by atoms with Crippen molar-refractivity contribution in [3.63, 3.8) is 0 Å². The van der Waals surface area contributed by atoms with Crippen LogP contribution < -0.4 is 5.32 Å². The first kappa shape index (κ1) is 16.1. The van der Waals surface area contributed by atoms with Gasteiger partial charge in [-0.1, -0.05) is 0 Å². The fourth-order valence-corrected chi connectivity index (χ4v) is 3.15. The van der Waals surface area contributed by atoms with E-state index in [0.29, 0.717) is 12.3 Å². The van der Waals surface area contributed by atoms with Crippen LogP contribution >= 0.6 is 11.8 Å². The van der Waals surface area contributed by atoms with Crippen LogP contribution in [-0.4, -0.2) is 71.3 Å². The van der Waals surface area contributed by atoms with Crippen molar-refractivity contribution in [1.82, 2.24) is 15.1 Å². The van der Waals surface area contributed by atoms with Crippen molar-refractivity contribution in [1.29, 1.82) is 0 Å². The van der Waals surface area contributed by atoms with Crippen molar-refractivity contribution in [2.24, 2.45) is 0 Å². The van der Waals surface area contributed by atoms with Gasteiger partial charge >= 0.3 is 12.0 Å². The molecular weight excluding hydrogens is 266 g/mol. The second-order valence-electron chi connectivity index (χ2n) is 4.94. The van der Waals surface area contributed by atoms with Gasteiger partial charge in [-0.25, -0.2) is 9.59 Å². The van der Waals surface area contributed by atoms with Crippen molar-refractivity contribution in [2.75, 3.05) is 32.9 Å². The predicted octanol–water partition coefficient (Wildman–Crippen LogP) is 0.886. The summed E-state index contributed by atoms with van der Waals surface area (Å²) in [7, 11) is 4.03. The van der Waals surface area contributed by atoms with Crippen molar-refractivity contribution in [3.8, 4) is 0 Å². The van der Waals surface area contributed by atoms with Gasteiger partial charge in [-0.15, -0.1) is 11.8 Å². The van der Waals surface area contributed by atoms with Gasteiger partial charge in [0.1, 0.15) is 6.04 Å². The van der Waals surface area contributed by atoms with Gasteiger partial charge in [-0.05, 0) is 40.4 Å². The highest BCUT2D eigenvalue weighted by Gasteiger charge is 2.39. The minimum Gasteiger partial charge on any atom is -0.480 e. The quantitative estimate of drug-likeness (QED) is 0.710. The highest BCUT2D eigenvalue weighted by Crippen LogP contribution is 2.28. The van der Waals surface area contributed by atoms with Gasteiger partial charge in [0, 0.05) is 12.3 Å². The van der Waals surface area contributed by atoms with Gasteiger partial charge in [0.05, 0.1) is 5.37 Å². The number of carboxylic acids is 1. The monoisotopic (exact) mass is 289 g/mol. The molecule has 7 heteroatoms. The van der Waals surface area contributed by atoms with E-state index >= 15 is 0 Å². The van der Waals surface area contributed by atoms with Crippen LogP contribution in [-0.2, 0) is 4.79 Å². The number of rotatable bonds is 6. The summed E-state index contributed by atoms with van der Waals surface area (Å²) >= 11 is 1.50. The van der Waals surface area contributed by atoms with E-state index in [1.807, 2.05) is 21.0 Å². The van der Waals surface area contributed by atoms with Gasteiger partial charge in [0.2, 0.25) is 0 Å². The summed E-state index contributed by atoms with van der Waals surface area (Å²) in [6.07, 6.45) is 1.91. The lowest BCUT2D eigenvalue weighted by Gasteiger charge is -2.25. The zero-order chi connectivity index (χ0) is 14.4. The number of hydrogen-bond acceptors (Lipinski definition) is 4. The molecule has 110 valence electrons. The molecule has 0 aromatic carbocycles. The van der Waals surface area contributed by atoms with E-state index in [0.717, 1.165) is 19.4 Å². The third kappa shape index (κ3) is 4.91. The van der Waals surface area contributed by atoms with Crippen LogP contribution in [0.1, 0.15) is 19.8 Å². The zero-order valence-corrected chi connectivity index (χ0v) is 12.6. The lowest BCUT2D eigenvalue weighted by molar-refractivity contribution is -0.141. The first-order valence-electron chi connectivity index (χ1n) is 6.48. The van der Waals surface area contributed by atoms with Crippen LogP contribution in [0.15, 0.2) is 0 Å². The Morgan fingerprint density at radius 3 is 2.68 bits per heavy atom. The van der Waals surface area contributed by atoms with Crippen molar-refractivity contribution in [3.05, 3.63) is 0 Å². The fraction of sp³-hybridized carbons (Fsp3) is 0.833. The molecule has 2 amide bonds. The van der Waals surface area contributed by atoms with Gasteiger partial charge in [0.25, 0.3) is 0 Å². The summed E-state index contributed by atoms with van der Waals surface area (Å²) in [5.74, 6) is -0.468. The van der Waals surface area contributed by atoms with Crippen LogP contribution in [0.3, 0.4) is 0 Å². The number of nitrogens with zero attached hydrogens (tertiary/aromatic N) is 2. The first-order valence-corrected chi connectivity index (χ1v) is 7.53. The molecule has 0 aliphatic carbocycles. The van der Waals surface area contributed by atoms with Crippen molar-refractivity contribution < 1.29 is 14.7 Å². The Hall–Kier alpha value is -0.950. The Labute approximate surface area is 118 Å². The Balaban J connectivity index is 2.33. The number of carbonyl (C=O) groups is 2. The molecule has 1 aliphatic rings. The first-order chi connectivity index (χ1) is 8.93. The molecule has 1 fully saturated rings. The number of amides is 2. The third-order valence-corrected chi connectivity index (χ3v) is 4.27. The molecule has 2 unspecified atom stereocenters. The van der Waals surface area contributed by atoms with Crippen LogP contribution in [0.25, 0.3) is 0 Å². The van der Waals surface area contributed by atoms with Gasteiger partial charge < -0.3 is 15.3 Å². The second-order valence-corrected chi connectivity index (χ2v) is 6.29. The van der Waals surface area contributed by atoms with E-state index in [2.05, 4.69) is 10.2 Å². The Morgan fingerprint density at radius 2 is 2.11 bits per heavy atom. The number of urea groups is 1. The smallest absolute Gasteiger partial charge is 0.327 e. The maximum absolute atomic E-state index is 12.0. The standard InChI is InChI=1S/C12H23N3O3S/c1-9-15(10(8-19-9)11(16)17)12(18)13-6-4-5-7-14(2)3/h9-10H,4-8H2,1-3H3,(H,13,18)(H,16,17). The zero-order valence-electron chi connectivity index (χ0n) is 11.8. The van der Waals surface area contributed by atoms with Crippen LogP contribution in [0, 0.1) is 0 Å². The van der Waals surface area contributed by atoms with Crippen molar-refractivity contribution >= 4 is 23.8 Å². The highest BCUT2D eigenvalue weighted by molar-refractivity contribution is 8.00. The average molecular weight is 289 g/mol. The molecule has 2 atom stereocenters. The average Bonchev–Trinajstić information content (AvgIpc) is 2.70. The Kier molecular flexibility index (Phi) is 6.44. The van der Waals surface area contributed by atoms with E-state index in [-0.39, 0.29) is 11.4 Å². The molecule has 1 saturated heterocycles. The maximum Gasteiger partial charge on any atom is 0.327 e. The normalized spacial score (nSPS) is 22.8. The molecule has 1 rings (SSSR count). The van der Waals surface area contributed by atoms with E-state index in [9.17, 15) is 9.59 Å². The van der Waals surface area contributed by atoms with Crippen molar-refractivity contribution in [2.45, 2.75) is 31.2 Å². The molecule has 0 aromatic heterocycles. The largest absolute Gasteiger partial charge is 0.480 e. The van der Waals surface area contributed by atoms with E-state index < -0.39 is 12.0 Å². The Morgan fingerprint density at radius 1 is 1.42 bits per heavy atom. The summed E-state index contributed by atoms with van der Waals surface area (Å²) < 4.78 is 0. The van der Waals surface area contributed by atoms with Crippen LogP contribution in [0.5, 0.6) is 0 Å². The van der Waals surface area contributed by atoms with Gasteiger partial charge in [0.15, 0.2) is 0 Å². The number of hydrogen-bond donors (Lipinski definition) is 2. The Bertz CT molecular complexity index is 325. The van der Waals surface area contributed by atoms with Crippen LogP contribution in [0.4, 0.5) is 4.79 Å². The summed E-state index contributed by atoms with van der Waals surface area (Å²) in [6.45, 7) is 3.44. The molecule has 0 bridgehead atoms. The van der Waals surface area contributed by atoms with Gasteiger partial charge in [-0.2, -0.15) is 0 Å². The SMILES string of the molecule is CC1SCC(C(=O)O)N1C(=O)NCCCCN(C)C. The molecule has 6 nitrogen and oxygen atoms in total. The summed E-state index contributed by atoms with van der Waals surface area (Å²) in [6, 6.07) is -0.975. The summed E-state index contributed by atoms with van der Waals surface area (Å²) in [4.78, 5) is 26.6. The number of nitrogens with one attached hydrogen (secondary N) is 1. The second kappa shape index (κ2) is 7.59. The summed E-state index contributed by atoms with van der Waals surface area (Å²) in [5.41, 5.74) is 0. The maximum atomic E-state index is 12.0. The predicted molar refractivity (Wildman–Crippen MR) is 76.4 cm³/mol. The fourth-order valence-electron chi connectivity index (χ4n) is 1.98. The number of aliphatic carboxylic acids is 1. The number of carbonyl (C=O) groups excluding carboxylic acids is 1. The third-order valence-electron chi connectivity index (χ3n) is 3.05. The highest BCUT2D eigenvalue weighted by atomic mass is 32.2. The van der Waals surface area contributed by atoms with E-state index in [1.54, 1.807) is 0 Å². The van der Waals surface area contributed by atoms with E-state index in [4.69, 9.17) is 5.11 Å². The number of carboxylic acid groups (broad SMARTS) is 1. The minimum atomic E-state index is -0.931. The number of thioether (sulfide) groups is 1.